The number of amides is 1. The number of carbonyl (C=O) groups is 2. The Morgan fingerprint density at radius 1 is 0.837 bits per heavy atom. The minimum atomic E-state index is -1.21. The topological polar surface area (TPSA) is 112 Å². The van der Waals surface area contributed by atoms with E-state index in [1.807, 2.05) is 48.7 Å². The molecule has 0 aliphatic rings. The minimum Gasteiger partial charge on any atom is -1.00 e. The normalized spacial score (nSPS) is 12.4. The van der Waals surface area contributed by atoms with Crippen molar-refractivity contribution in [1.29, 1.82) is 0 Å². The molecule has 7 nitrogen and oxygen atoms in total. The van der Waals surface area contributed by atoms with Crippen LogP contribution in [0.5, 0.6) is 0 Å². The molecule has 0 radical (unpaired) electrons. The third-order valence-electron chi connectivity index (χ3n) is 7.00. The number of aliphatic hydroxyl groups is 2. The molecule has 4 rings (SSSR count). The standard InChI is InChI=1S/C33H34F2N2O5.Na.H/c1-20(2)37-28(17-16-26(38)18-27(39)19-29(40)41)30(22-8-10-23(34)11-9-22)31(21-6-4-3-5-7-21)32(37)33(42)36-25-14-12-24(35)13-15-25;;/h3-15,20,26-27,38-39H,16-19H2,1-2H3,(H,36,42)(H,40,41);;/q;+1;-1/t26-,27-;;/m1../s1. The summed E-state index contributed by atoms with van der Waals surface area (Å²) in [6.07, 6.45) is -2.36. The molecule has 4 aromatic rings. The van der Waals surface area contributed by atoms with E-state index >= 15 is 0 Å². The van der Waals surface area contributed by atoms with Crippen LogP contribution in [0.25, 0.3) is 22.3 Å². The van der Waals surface area contributed by atoms with E-state index in [-0.39, 0.29) is 56.3 Å². The van der Waals surface area contributed by atoms with Crippen molar-refractivity contribution < 1.29 is 64.7 Å². The molecule has 10 heteroatoms. The molecule has 0 fully saturated rings. The number of nitrogens with one attached hydrogen (secondary N) is 1. The first-order chi connectivity index (χ1) is 20.0. The number of aliphatic carboxylic acids is 1. The van der Waals surface area contributed by atoms with Gasteiger partial charge in [-0.25, -0.2) is 8.78 Å². The SMILES string of the molecule is CC(C)n1c(CC[C@@H](O)C[C@@H](O)CC(=O)O)c(-c2ccc(F)cc2)c(-c2ccccc2)c1C(=O)Nc1ccc(F)cc1.[H-].[Na+]. The van der Waals surface area contributed by atoms with Crippen LogP contribution in [0.1, 0.15) is 56.8 Å². The van der Waals surface area contributed by atoms with E-state index in [9.17, 15) is 28.6 Å². The van der Waals surface area contributed by atoms with Crippen molar-refractivity contribution in [1.82, 2.24) is 4.57 Å². The Morgan fingerprint density at radius 3 is 1.95 bits per heavy atom. The summed E-state index contributed by atoms with van der Waals surface area (Å²) >= 11 is 0. The van der Waals surface area contributed by atoms with E-state index in [4.69, 9.17) is 5.11 Å². The molecule has 0 bridgehead atoms. The van der Waals surface area contributed by atoms with Crippen LogP contribution in [-0.4, -0.2) is 44.0 Å². The number of aromatic nitrogens is 1. The van der Waals surface area contributed by atoms with E-state index in [0.29, 0.717) is 33.8 Å². The second kappa shape index (κ2) is 15.4. The zero-order valence-corrected chi connectivity index (χ0v) is 26.4. The third kappa shape index (κ3) is 8.61. The fourth-order valence-electron chi connectivity index (χ4n) is 5.23. The van der Waals surface area contributed by atoms with Gasteiger partial charge in [-0.15, -0.1) is 0 Å². The molecule has 4 N–H and O–H groups in total. The molecule has 0 aliphatic carbocycles. The first kappa shape index (κ1) is 34.2. The molecular formula is C33H35F2N2NaO5. The molecule has 2 atom stereocenters. The van der Waals surface area contributed by atoms with E-state index in [1.165, 1.54) is 36.4 Å². The first-order valence-corrected chi connectivity index (χ1v) is 13.8. The van der Waals surface area contributed by atoms with Gasteiger partial charge in [-0.1, -0.05) is 42.5 Å². The molecule has 1 heterocycles. The van der Waals surface area contributed by atoms with Crippen molar-refractivity contribution >= 4 is 17.6 Å². The number of carboxylic acids is 1. The average Bonchev–Trinajstić information content (AvgIpc) is 3.29. The second-order valence-corrected chi connectivity index (χ2v) is 10.5. The van der Waals surface area contributed by atoms with Crippen molar-refractivity contribution in [2.75, 3.05) is 5.32 Å². The van der Waals surface area contributed by atoms with Crippen LogP contribution in [0, 0.1) is 11.6 Å². The van der Waals surface area contributed by atoms with Gasteiger partial charge in [0.2, 0.25) is 0 Å². The first-order valence-electron chi connectivity index (χ1n) is 13.8. The Kier molecular flexibility index (Phi) is 12.2. The van der Waals surface area contributed by atoms with Gasteiger partial charge in [0.1, 0.15) is 17.3 Å². The van der Waals surface area contributed by atoms with Crippen molar-refractivity contribution in [2.24, 2.45) is 0 Å². The average molecular weight is 601 g/mol. The van der Waals surface area contributed by atoms with Gasteiger partial charge in [-0.3, -0.25) is 9.59 Å². The van der Waals surface area contributed by atoms with E-state index in [0.717, 1.165) is 5.56 Å². The second-order valence-electron chi connectivity index (χ2n) is 10.5. The summed E-state index contributed by atoms with van der Waals surface area (Å²) in [6.45, 7) is 3.85. The van der Waals surface area contributed by atoms with Crippen LogP contribution < -0.4 is 34.9 Å². The smallest absolute Gasteiger partial charge is 1.00 e. The molecule has 0 saturated carbocycles. The molecule has 3 aromatic carbocycles. The Morgan fingerprint density at radius 2 is 1.40 bits per heavy atom. The number of nitrogens with zero attached hydrogens (tertiary/aromatic N) is 1. The Hall–Kier alpha value is -3.34. The quantitative estimate of drug-likeness (QED) is 0.186. The molecule has 0 aliphatic heterocycles. The van der Waals surface area contributed by atoms with Gasteiger partial charge in [-0.2, -0.15) is 0 Å². The largest absolute Gasteiger partial charge is 1.00 e. The van der Waals surface area contributed by atoms with Gasteiger partial charge < -0.3 is 26.6 Å². The summed E-state index contributed by atoms with van der Waals surface area (Å²) in [5.41, 5.74) is 4.19. The number of benzene rings is 3. The van der Waals surface area contributed by atoms with Gasteiger partial charge in [0.05, 0.1) is 18.6 Å². The molecule has 0 spiro atoms. The predicted molar refractivity (Wildman–Crippen MR) is 158 cm³/mol. The van der Waals surface area contributed by atoms with Gasteiger partial charge in [0.15, 0.2) is 0 Å². The Labute approximate surface area is 273 Å². The maximum absolute atomic E-state index is 14.0. The predicted octanol–water partition coefficient (Wildman–Crippen LogP) is 3.57. The molecule has 222 valence electrons. The summed E-state index contributed by atoms with van der Waals surface area (Å²) in [5.74, 6) is -2.44. The fraction of sp³-hybridized carbons (Fsp3) is 0.273. The number of halogens is 2. The van der Waals surface area contributed by atoms with Crippen LogP contribution in [0.3, 0.4) is 0 Å². The zero-order valence-electron chi connectivity index (χ0n) is 25.4. The summed E-state index contributed by atoms with van der Waals surface area (Å²) in [4.78, 5) is 25.0. The molecule has 1 amide bonds. The van der Waals surface area contributed by atoms with Gasteiger partial charge in [0.25, 0.3) is 5.91 Å². The molecule has 1 aromatic heterocycles. The third-order valence-corrected chi connectivity index (χ3v) is 7.00. The van der Waals surface area contributed by atoms with Gasteiger partial charge >= 0.3 is 35.5 Å². The van der Waals surface area contributed by atoms with Crippen LogP contribution in [-0.2, 0) is 11.2 Å². The Balaban J connectivity index is 0.00000337. The van der Waals surface area contributed by atoms with E-state index in [1.54, 1.807) is 12.1 Å². The molecule has 43 heavy (non-hydrogen) atoms. The molecule has 0 saturated heterocycles. The van der Waals surface area contributed by atoms with Crippen molar-refractivity contribution in [3.8, 4) is 22.3 Å². The van der Waals surface area contributed by atoms with E-state index < -0.39 is 42.1 Å². The van der Waals surface area contributed by atoms with Crippen LogP contribution in [0.4, 0.5) is 14.5 Å². The summed E-state index contributed by atoms with van der Waals surface area (Å²) < 4.78 is 29.5. The monoisotopic (exact) mass is 600 g/mol. The summed E-state index contributed by atoms with van der Waals surface area (Å²) in [7, 11) is 0. The van der Waals surface area contributed by atoms with E-state index in [2.05, 4.69) is 5.32 Å². The summed E-state index contributed by atoms with van der Waals surface area (Å²) in [5, 5.41) is 32.6. The van der Waals surface area contributed by atoms with Crippen molar-refractivity contribution in [2.45, 2.75) is 57.8 Å². The number of anilines is 1. The van der Waals surface area contributed by atoms with Crippen LogP contribution in [0.15, 0.2) is 78.9 Å². The Bertz CT molecular complexity index is 1530. The maximum atomic E-state index is 14.0. The van der Waals surface area contributed by atoms with Crippen molar-refractivity contribution in [3.63, 3.8) is 0 Å². The molecular weight excluding hydrogens is 565 g/mol. The number of carbonyl (C=O) groups excluding carboxylic acids is 1. The minimum absolute atomic E-state index is 0. The van der Waals surface area contributed by atoms with Crippen LogP contribution in [0.2, 0.25) is 0 Å². The zero-order chi connectivity index (χ0) is 30.4. The maximum Gasteiger partial charge on any atom is 1.00 e. The number of carboxylic acid groups (broad SMARTS) is 1. The van der Waals surface area contributed by atoms with Gasteiger partial charge in [0, 0.05) is 28.6 Å². The number of rotatable bonds is 12. The van der Waals surface area contributed by atoms with Crippen molar-refractivity contribution in [3.05, 3.63) is 102 Å². The fourth-order valence-corrected chi connectivity index (χ4v) is 5.23. The molecule has 0 unspecified atom stereocenters. The summed E-state index contributed by atoms with van der Waals surface area (Å²) in [6, 6.07) is 20.5. The van der Waals surface area contributed by atoms with Crippen LogP contribution >= 0.6 is 0 Å². The van der Waals surface area contributed by atoms with Gasteiger partial charge in [-0.05, 0) is 80.6 Å². The number of hydrogen-bond donors (Lipinski definition) is 4. The number of hydrogen-bond acceptors (Lipinski definition) is 4. The number of aliphatic hydroxyl groups excluding tert-OH is 2.